The molecule has 1 amide bonds. The number of benzene rings is 2. The summed E-state index contributed by atoms with van der Waals surface area (Å²) in [4.78, 5) is 11.9. The maximum atomic E-state index is 12.7. The van der Waals surface area contributed by atoms with E-state index >= 15 is 0 Å². The van der Waals surface area contributed by atoms with Gasteiger partial charge in [-0.1, -0.05) is 12.1 Å². The van der Waals surface area contributed by atoms with Gasteiger partial charge in [0.2, 0.25) is 10.0 Å². The fourth-order valence-corrected chi connectivity index (χ4v) is 3.41. The molecule has 0 atom stereocenters. The summed E-state index contributed by atoms with van der Waals surface area (Å²) in [6.07, 6.45) is 1.33. The number of hydrogen-bond donors (Lipinski definition) is 2. The number of carbonyl (C=O) groups excluding carboxylic acids is 1. The number of nitrogens with zero attached hydrogens (tertiary/aromatic N) is 2. The summed E-state index contributed by atoms with van der Waals surface area (Å²) in [6, 6.07) is 10.4. The molecule has 2 rings (SSSR count). The molecule has 0 heterocycles. The minimum Gasteiger partial charge on any atom is -0.508 e. The van der Waals surface area contributed by atoms with Gasteiger partial charge in [0.1, 0.15) is 5.75 Å². The Morgan fingerprint density at radius 2 is 1.89 bits per heavy atom. The van der Waals surface area contributed by atoms with E-state index in [-0.39, 0.29) is 16.4 Å². The monoisotopic (exact) mass is 407 g/mol. The van der Waals surface area contributed by atoms with Crippen molar-refractivity contribution < 1.29 is 27.8 Å². The first kappa shape index (κ1) is 21.2. The summed E-state index contributed by atoms with van der Waals surface area (Å²) in [5.74, 6) is 0.0965. The van der Waals surface area contributed by atoms with Crippen LogP contribution in [0.1, 0.15) is 5.56 Å². The summed E-state index contributed by atoms with van der Waals surface area (Å²) < 4.78 is 36.4. The molecular weight excluding hydrogens is 386 g/mol. The number of sulfonamides is 1. The Hall–Kier alpha value is -3.11. The average molecular weight is 407 g/mol. The lowest BCUT2D eigenvalue weighted by molar-refractivity contribution is -0.121. The zero-order valence-corrected chi connectivity index (χ0v) is 16.4. The molecule has 0 saturated heterocycles. The lowest BCUT2D eigenvalue weighted by Crippen LogP contribution is -2.36. The highest BCUT2D eigenvalue weighted by atomic mass is 32.2. The van der Waals surface area contributed by atoms with E-state index in [1.807, 2.05) is 0 Å². The van der Waals surface area contributed by atoms with Crippen LogP contribution in [0.25, 0.3) is 0 Å². The molecular formula is C18H21N3O6S. The van der Waals surface area contributed by atoms with Crippen molar-refractivity contribution in [3.05, 3.63) is 48.0 Å². The van der Waals surface area contributed by atoms with Crippen molar-refractivity contribution in [1.29, 1.82) is 0 Å². The number of ether oxygens (including phenoxy) is 2. The number of carbonyl (C=O) groups is 1. The largest absolute Gasteiger partial charge is 0.508 e. The normalized spacial score (nSPS) is 11.6. The maximum Gasteiger partial charge on any atom is 0.255 e. The van der Waals surface area contributed by atoms with Crippen LogP contribution in [0.4, 0.5) is 0 Å². The molecule has 2 N–H and O–H groups in total. The number of hydrogen-bond acceptors (Lipinski definition) is 7. The topological polar surface area (TPSA) is 118 Å². The average Bonchev–Trinajstić information content (AvgIpc) is 2.67. The number of aromatic hydroxyl groups is 1. The number of phenols is 1. The SMILES string of the molecule is COc1ccc(S(=O)(=O)N(C)CC(=O)N/N=C\c2cccc(O)c2)cc1OC. The molecule has 10 heteroatoms. The molecule has 150 valence electrons. The van der Waals surface area contributed by atoms with Crippen LogP contribution < -0.4 is 14.9 Å². The number of likely N-dealkylation sites (N-methyl/N-ethyl adjacent to an activating group) is 1. The molecule has 2 aromatic rings. The van der Waals surface area contributed by atoms with E-state index in [4.69, 9.17) is 9.47 Å². The van der Waals surface area contributed by atoms with Gasteiger partial charge in [-0.25, -0.2) is 13.8 Å². The lowest BCUT2D eigenvalue weighted by Gasteiger charge is -2.17. The van der Waals surface area contributed by atoms with E-state index in [2.05, 4.69) is 10.5 Å². The van der Waals surface area contributed by atoms with Gasteiger partial charge in [-0.2, -0.15) is 9.41 Å². The minimum atomic E-state index is -3.92. The van der Waals surface area contributed by atoms with Crippen LogP contribution in [0.15, 0.2) is 52.5 Å². The predicted octanol–water partition coefficient (Wildman–Crippen LogP) is 1.18. The minimum absolute atomic E-state index is 0.0382. The molecule has 0 spiro atoms. The summed E-state index contributed by atoms with van der Waals surface area (Å²) >= 11 is 0. The number of methoxy groups -OCH3 is 2. The Morgan fingerprint density at radius 3 is 2.54 bits per heavy atom. The molecule has 0 aliphatic carbocycles. The Bertz CT molecular complexity index is 975. The van der Waals surface area contributed by atoms with Crippen LogP contribution in [0, 0.1) is 0 Å². The number of amides is 1. The van der Waals surface area contributed by atoms with Gasteiger partial charge in [-0.15, -0.1) is 0 Å². The van der Waals surface area contributed by atoms with Crippen molar-refractivity contribution in [3.63, 3.8) is 0 Å². The van der Waals surface area contributed by atoms with Crippen LogP contribution in [-0.2, 0) is 14.8 Å². The lowest BCUT2D eigenvalue weighted by atomic mass is 10.2. The molecule has 2 aromatic carbocycles. The van der Waals surface area contributed by atoms with E-state index in [1.54, 1.807) is 12.1 Å². The summed E-state index contributed by atoms with van der Waals surface area (Å²) in [7, 11) is 0.203. The number of rotatable bonds is 8. The molecule has 0 aliphatic heterocycles. The van der Waals surface area contributed by atoms with Crippen LogP contribution in [-0.4, -0.2) is 57.8 Å². The fourth-order valence-electron chi connectivity index (χ4n) is 2.26. The first-order valence-corrected chi connectivity index (χ1v) is 9.51. The number of hydrazone groups is 1. The van der Waals surface area contributed by atoms with Crippen molar-refractivity contribution in [1.82, 2.24) is 9.73 Å². The maximum absolute atomic E-state index is 12.7. The second-order valence-electron chi connectivity index (χ2n) is 5.67. The van der Waals surface area contributed by atoms with Gasteiger partial charge in [0.15, 0.2) is 11.5 Å². The van der Waals surface area contributed by atoms with E-state index < -0.39 is 22.5 Å². The Kier molecular flexibility index (Phi) is 6.96. The summed E-state index contributed by atoms with van der Waals surface area (Å²) in [6.45, 7) is -0.436. The van der Waals surface area contributed by atoms with Gasteiger partial charge in [0, 0.05) is 13.1 Å². The van der Waals surface area contributed by atoms with Crippen LogP contribution >= 0.6 is 0 Å². The molecule has 0 saturated carbocycles. The first-order chi connectivity index (χ1) is 13.3. The highest BCUT2D eigenvalue weighted by Gasteiger charge is 2.24. The zero-order valence-electron chi connectivity index (χ0n) is 15.6. The van der Waals surface area contributed by atoms with Gasteiger partial charge in [0.05, 0.1) is 31.9 Å². The highest BCUT2D eigenvalue weighted by molar-refractivity contribution is 7.89. The van der Waals surface area contributed by atoms with E-state index in [9.17, 15) is 18.3 Å². The number of nitrogens with one attached hydrogen (secondary N) is 1. The second kappa shape index (κ2) is 9.20. The van der Waals surface area contributed by atoms with Crippen molar-refractivity contribution in [3.8, 4) is 17.2 Å². The fraction of sp³-hybridized carbons (Fsp3) is 0.222. The number of phenolic OH excluding ortho intramolecular Hbond substituents is 1. The Balaban J connectivity index is 2.04. The van der Waals surface area contributed by atoms with Gasteiger partial charge >= 0.3 is 0 Å². The van der Waals surface area contributed by atoms with Crippen molar-refractivity contribution >= 4 is 22.1 Å². The Morgan fingerprint density at radius 1 is 1.18 bits per heavy atom. The molecule has 0 unspecified atom stereocenters. The molecule has 28 heavy (non-hydrogen) atoms. The molecule has 0 fully saturated rings. The van der Waals surface area contributed by atoms with Gasteiger partial charge in [0.25, 0.3) is 5.91 Å². The van der Waals surface area contributed by atoms with E-state index in [1.165, 1.54) is 57.8 Å². The van der Waals surface area contributed by atoms with Crippen LogP contribution in [0.3, 0.4) is 0 Å². The third-order valence-electron chi connectivity index (χ3n) is 3.70. The standard InChI is InChI=1S/C18H21N3O6S/c1-21(12-18(23)20-19-11-13-5-4-6-14(22)9-13)28(24,25)15-7-8-16(26-2)17(10-15)27-3/h4-11,22H,12H2,1-3H3,(H,20,23)/b19-11-. The molecule has 0 aliphatic rings. The third kappa shape index (κ3) is 5.21. The Labute approximate surface area is 163 Å². The molecule has 0 aromatic heterocycles. The second-order valence-corrected chi connectivity index (χ2v) is 7.71. The summed E-state index contributed by atoms with van der Waals surface area (Å²) in [5.41, 5.74) is 2.82. The van der Waals surface area contributed by atoms with Gasteiger partial charge in [-0.05, 0) is 29.8 Å². The first-order valence-electron chi connectivity index (χ1n) is 8.07. The van der Waals surface area contributed by atoms with Crippen molar-refractivity contribution in [2.75, 3.05) is 27.8 Å². The van der Waals surface area contributed by atoms with Gasteiger partial charge < -0.3 is 14.6 Å². The quantitative estimate of drug-likeness (QED) is 0.501. The van der Waals surface area contributed by atoms with Crippen molar-refractivity contribution in [2.24, 2.45) is 5.10 Å². The van der Waals surface area contributed by atoms with Crippen LogP contribution in [0.5, 0.6) is 17.2 Å². The molecule has 0 bridgehead atoms. The predicted molar refractivity (Wildman–Crippen MR) is 103 cm³/mol. The third-order valence-corrected chi connectivity index (χ3v) is 5.50. The molecule has 0 radical (unpaired) electrons. The van der Waals surface area contributed by atoms with Crippen LogP contribution in [0.2, 0.25) is 0 Å². The highest BCUT2D eigenvalue weighted by Crippen LogP contribution is 2.30. The smallest absolute Gasteiger partial charge is 0.255 e. The molecule has 9 nitrogen and oxygen atoms in total. The van der Waals surface area contributed by atoms with E-state index in [0.717, 1.165) is 4.31 Å². The van der Waals surface area contributed by atoms with E-state index in [0.29, 0.717) is 11.3 Å². The van der Waals surface area contributed by atoms with Gasteiger partial charge in [-0.3, -0.25) is 4.79 Å². The zero-order chi connectivity index (χ0) is 20.7. The van der Waals surface area contributed by atoms with Crippen molar-refractivity contribution in [2.45, 2.75) is 4.90 Å². The summed E-state index contributed by atoms with van der Waals surface area (Å²) in [5, 5.41) is 13.1.